The highest BCUT2D eigenvalue weighted by atomic mass is 32.1. The summed E-state index contributed by atoms with van der Waals surface area (Å²) in [6, 6.07) is 0. The molecule has 1 saturated carbocycles. The van der Waals surface area contributed by atoms with Crippen LogP contribution < -0.4 is 5.32 Å². The van der Waals surface area contributed by atoms with Gasteiger partial charge in [0.05, 0.1) is 24.8 Å². The summed E-state index contributed by atoms with van der Waals surface area (Å²) < 4.78 is 5.90. The third-order valence-electron chi connectivity index (χ3n) is 4.30. The van der Waals surface area contributed by atoms with Crippen LogP contribution in [0.1, 0.15) is 38.3 Å². The van der Waals surface area contributed by atoms with Crippen molar-refractivity contribution < 1.29 is 9.53 Å². The summed E-state index contributed by atoms with van der Waals surface area (Å²) in [6.07, 6.45) is 6.99. The predicted octanol–water partition coefficient (Wildman–Crippen LogP) is 2.18. The van der Waals surface area contributed by atoms with Crippen molar-refractivity contribution in [3.63, 3.8) is 0 Å². The largest absolute Gasteiger partial charge is 0.376 e. The molecule has 1 aliphatic carbocycles. The highest BCUT2D eigenvalue weighted by Gasteiger charge is 2.21. The molecule has 24 heavy (non-hydrogen) atoms. The van der Waals surface area contributed by atoms with Crippen molar-refractivity contribution in [1.29, 1.82) is 0 Å². The number of aromatic nitrogens is 4. The summed E-state index contributed by atoms with van der Waals surface area (Å²) in [5.74, 6) is 1.21. The van der Waals surface area contributed by atoms with Crippen LogP contribution >= 0.6 is 11.3 Å². The zero-order valence-corrected chi connectivity index (χ0v) is 14.6. The number of rotatable bonds is 7. The highest BCUT2D eigenvalue weighted by Crippen LogP contribution is 2.26. The smallest absolute Gasteiger partial charge is 0.226 e. The molecule has 7 nitrogen and oxygen atoms in total. The number of thiazole rings is 1. The van der Waals surface area contributed by atoms with Crippen LogP contribution in [0.25, 0.3) is 10.8 Å². The molecule has 2 heterocycles. The molecule has 1 aliphatic rings. The normalized spacial score (nSPS) is 20.9. The summed E-state index contributed by atoms with van der Waals surface area (Å²) in [6.45, 7) is 3.36. The van der Waals surface area contributed by atoms with Crippen molar-refractivity contribution in [3.05, 3.63) is 17.4 Å². The van der Waals surface area contributed by atoms with Crippen LogP contribution in [0.15, 0.2) is 11.7 Å². The Labute approximate surface area is 145 Å². The van der Waals surface area contributed by atoms with Crippen molar-refractivity contribution >= 4 is 17.2 Å². The maximum absolute atomic E-state index is 12.0. The summed E-state index contributed by atoms with van der Waals surface area (Å²) in [4.78, 5) is 20.4. The summed E-state index contributed by atoms with van der Waals surface area (Å²) >= 11 is 1.45. The summed E-state index contributed by atoms with van der Waals surface area (Å²) in [7, 11) is 0. The maximum atomic E-state index is 12.0. The van der Waals surface area contributed by atoms with Gasteiger partial charge in [0, 0.05) is 11.9 Å². The number of nitrogens with one attached hydrogen (secondary N) is 2. The van der Waals surface area contributed by atoms with Gasteiger partial charge in [-0.25, -0.2) is 9.97 Å². The molecule has 2 atom stereocenters. The fraction of sp³-hybridized carbons (Fsp3) is 0.625. The van der Waals surface area contributed by atoms with Gasteiger partial charge in [-0.05, 0) is 18.8 Å². The van der Waals surface area contributed by atoms with Crippen molar-refractivity contribution in [1.82, 2.24) is 25.5 Å². The van der Waals surface area contributed by atoms with E-state index in [0.29, 0.717) is 31.0 Å². The Bertz CT molecular complexity index is 643. The molecule has 0 saturated heterocycles. The van der Waals surface area contributed by atoms with E-state index in [1.807, 2.05) is 5.38 Å². The lowest BCUT2D eigenvalue weighted by molar-refractivity contribution is -0.121. The molecular formula is C16H23N5O2S. The number of carbonyl (C=O) groups excluding carboxylic acids is 1. The standard InChI is InChI=1S/C16H23N5O2S/c1-11-4-2-3-5-13(11)23-7-6-17-14(22)8-12-9-24-16(20-12)15-18-10-19-21-15/h9-11,13H,2-8H2,1H3,(H,17,22)(H,18,19,21)/t11-,13+/m0/s1. The van der Waals surface area contributed by atoms with Gasteiger partial charge < -0.3 is 10.1 Å². The molecule has 0 unspecified atom stereocenters. The van der Waals surface area contributed by atoms with E-state index in [0.717, 1.165) is 17.1 Å². The summed E-state index contributed by atoms with van der Waals surface area (Å²) in [5.41, 5.74) is 0.741. The van der Waals surface area contributed by atoms with Gasteiger partial charge in [0.1, 0.15) is 6.33 Å². The number of hydrogen-bond donors (Lipinski definition) is 2. The molecule has 0 aromatic carbocycles. The van der Waals surface area contributed by atoms with Crippen molar-refractivity contribution in [3.8, 4) is 10.8 Å². The molecule has 0 aliphatic heterocycles. The van der Waals surface area contributed by atoms with E-state index in [9.17, 15) is 4.79 Å². The first kappa shape index (κ1) is 17.0. The van der Waals surface area contributed by atoms with Crippen molar-refractivity contribution in [2.24, 2.45) is 5.92 Å². The van der Waals surface area contributed by atoms with E-state index in [1.54, 1.807) is 0 Å². The van der Waals surface area contributed by atoms with E-state index in [2.05, 4.69) is 32.4 Å². The predicted molar refractivity (Wildman–Crippen MR) is 91.6 cm³/mol. The Hall–Kier alpha value is -1.80. The van der Waals surface area contributed by atoms with E-state index in [4.69, 9.17) is 4.74 Å². The second-order valence-electron chi connectivity index (χ2n) is 6.18. The van der Waals surface area contributed by atoms with E-state index in [-0.39, 0.29) is 12.3 Å². The first-order valence-corrected chi connectivity index (χ1v) is 9.29. The average Bonchev–Trinajstić information content (AvgIpc) is 3.24. The zero-order valence-electron chi connectivity index (χ0n) is 13.8. The minimum Gasteiger partial charge on any atom is -0.376 e. The molecule has 3 rings (SSSR count). The minimum atomic E-state index is -0.0373. The van der Waals surface area contributed by atoms with Crippen LogP contribution in [0.5, 0.6) is 0 Å². The van der Waals surface area contributed by atoms with Crippen LogP contribution in [-0.2, 0) is 16.0 Å². The van der Waals surface area contributed by atoms with Crippen LogP contribution in [-0.4, -0.2) is 45.3 Å². The molecule has 130 valence electrons. The third-order valence-corrected chi connectivity index (χ3v) is 5.20. The molecule has 8 heteroatoms. The van der Waals surface area contributed by atoms with Gasteiger partial charge in [-0.1, -0.05) is 19.8 Å². The van der Waals surface area contributed by atoms with Crippen molar-refractivity contribution in [2.45, 2.75) is 45.1 Å². The van der Waals surface area contributed by atoms with Gasteiger partial charge in [0.25, 0.3) is 0 Å². The fourth-order valence-electron chi connectivity index (χ4n) is 2.96. The Morgan fingerprint density at radius 3 is 3.12 bits per heavy atom. The van der Waals surface area contributed by atoms with Crippen LogP contribution in [0.3, 0.4) is 0 Å². The first-order valence-electron chi connectivity index (χ1n) is 8.41. The number of carbonyl (C=O) groups is 1. The number of nitrogens with zero attached hydrogens (tertiary/aromatic N) is 3. The van der Waals surface area contributed by atoms with Gasteiger partial charge in [-0.2, -0.15) is 5.10 Å². The molecular weight excluding hydrogens is 326 g/mol. The lowest BCUT2D eigenvalue weighted by Gasteiger charge is -2.28. The van der Waals surface area contributed by atoms with Crippen molar-refractivity contribution in [2.75, 3.05) is 13.2 Å². The Morgan fingerprint density at radius 2 is 2.33 bits per heavy atom. The Balaban J connectivity index is 1.37. The quantitative estimate of drug-likeness (QED) is 0.748. The third kappa shape index (κ3) is 4.61. The topological polar surface area (TPSA) is 92.8 Å². The van der Waals surface area contributed by atoms with Crippen LogP contribution in [0.2, 0.25) is 0 Å². The average molecular weight is 349 g/mol. The number of hydrogen-bond acceptors (Lipinski definition) is 6. The molecule has 0 radical (unpaired) electrons. The monoisotopic (exact) mass is 349 g/mol. The van der Waals surface area contributed by atoms with Gasteiger partial charge in [0.15, 0.2) is 10.8 Å². The van der Waals surface area contributed by atoms with Crippen LogP contribution in [0, 0.1) is 5.92 Å². The summed E-state index contributed by atoms with van der Waals surface area (Å²) in [5, 5.41) is 12.1. The SMILES string of the molecule is C[C@H]1CCCC[C@H]1OCCNC(=O)Cc1csc(-c2ncn[nH]2)n1. The Morgan fingerprint density at radius 1 is 1.46 bits per heavy atom. The van der Waals surface area contributed by atoms with E-state index in [1.165, 1.54) is 36.9 Å². The lowest BCUT2D eigenvalue weighted by atomic mass is 9.88. The number of amides is 1. The number of aromatic amines is 1. The number of ether oxygens (including phenoxy) is 1. The van der Waals surface area contributed by atoms with Crippen LogP contribution in [0.4, 0.5) is 0 Å². The first-order chi connectivity index (χ1) is 11.7. The molecule has 0 spiro atoms. The lowest BCUT2D eigenvalue weighted by Crippen LogP contribution is -2.32. The molecule has 2 N–H and O–H groups in total. The Kier molecular flexibility index (Phi) is 5.92. The molecule has 1 amide bonds. The highest BCUT2D eigenvalue weighted by molar-refractivity contribution is 7.13. The van der Waals surface area contributed by atoms with Gasteiger partial charge >= 0.3 is 0 Å². The van der Waals surface area contributed by atoms with E-state index >= 15 is 0 Å². The zero-order chi connectivity index (χ0) is 16.8. The fourth-order valence-corrected chi connectivity index (χ4v) is 3.73. The minimum absolute atomic E-state index is 0.0373. The van der Waals surface area contributed by atoms with Gasteiger partial charge in [-0.15, -0.1) is 11.3 Å². The second kappa shape index (κ2) is 8.34. The maximum Gasteiger partial charge on any atom is 0.226 e. The number of H-pyrrole nitrogens is 1. The van der Waals surface area contributed by atoms with Gasteiger partial charge in [-0.3, -0.25) is 9.89 Å². The van der Waals surface area contributed by atoms with Gasteiger partial charge in [0.2, 0.25) is 5.91 Å². The molecule has 2 aromatic heterocycles. The molecule has 2 aromatic rings. The van der Waals surface area contributed by atoms with E-state index < -0.39 is 0 Å². The second-order valence-corrected chi connectivity index (χ2v) is 7.03. The molecule has 1 fully saturated rings. The molecule has 0 bridgehead atoms.